The Morgan fingerprint density at radius 1 is 1.22 bits per heavy atom. The van der Waals surface area contributed by atoms with E-state index in [9.17, 15) is 4.79 Å². The van der Waals surface area contributed by atoms with Crippen LogP contribution in [0.15, 0.2) is 42.5 Å². The third kappa shape index (κ3) is 5.49. The maximum atomic E-state index is 11.8. The van der Waals surface area contributed by atoms with Gasteiger partial charge >= 0.3 is 0 Å². The van der Waals surface area contributed by atoms with Crippen LogP contribution in [0.25, 0.3) is 0 Å². The van der Waals surface area contributed by atoms with Gasteiger partial charge in [0.05, 0.1) is 7.11 Å². The normalized spacial score (nSPS) is 10.2. The maximum absolute atomic E-state index is 11.8. The summed E-state index contributed by atoms with van der Waals surface area (Å²) in [6.45, 7) is 2.43. The Balaban J connectivity index is 1.74. The van der Waals surface area contributed by atoms with Gasteiger partial charge in [-0.2, -0.15) is 0 Å². The molecule has 1 amide bonds. The van der Waals surface area contributed by atoms with Crippen LogP contribution in [0, 0.1) is 6.92 Å². The number of hydrogen-bond donors (Lipinski definition) is 1. The third-order valence-corrected chi connectivity index (χ3v) is 3.60. The van der Waals surface area contributed by atoms with Crippen LogP contribution in [-0.4, -0.2) is 26.2 Å². The van der Waals surface area contributed by atoms with Crippen LogP contribution in [0.5, 0.6) is 11.5 Å². The number of benzene rings is 2. The molecule has 0 saturated carbocycles. The summed E-state index contributed by atoms with van der Waals surface area (Å²) >= 11 is 5.88. The summed E-state index contributed by atoms with van der Waals surface area (Å²) < 4.78 is 10.7. The minimum absolute atomic E-state index is 0.0133. The van der Waals surface area contributed by atoms with Gasteiger partial charge in [-0.25, -0.2) is 0 Å². The molecule has 0 bridgehead atoms. The van der Waals surface area contributed by atoms with E-state index in [1.54, 1.807) is 25.3 Å². The molecule has 0 unspecified atom stereocenters. The molecule has 0 heterocycles. The first kappa shape index (κ1) is 17.2. The first-order valence-electron chi connectivity index (χ1n) is 7.37. The number of carbonyl (C=O) groups is 1. The highest BCUT2D eigenvalue weighted by Gasteiger charge is 2.05. The summed E-state index contributed by atoms with van der Waals surface area (Å²) in [5, 5.41) is 3.49. The second-order valence-electron chi connectivity index (χ2n) is 5.15. The number of hydrogen-bond acceptors (Lipinski definition) is 3. The molecule has 0 saturated heterocycles. The lowest BCUT2D eigenvalue weighted by molar-refractivity contribution is -0.123. The zero-order valence-electron chi connectivity index (χ0n) is 13.3. The van der Waals surface area contributed by atoms with Crippen molar-refractivity contribution < 1.29 is 14.3 Å². The fourth-order valence-corrected chi connectivity index (χ4v) is 2.37. The predicted octanol–water partition coefficient (Wildman–Crippen LogP) is 3.39. The number of ether oxygens (including phenoxy) is 2. The van der Waals surface area contributed by atoms with E-state index in [1.165, 1.54) is 0 Å². The molecule has 0 aliphatic carbocycles. The van der Waals surface area contributed by atoms with Gasteiger partial charge in [-0.3, -0.25) is 4.79 Å². The van der Waals surface area contributed by atoms with Gasteiger partial charge in [0.15, 0.2) is 6.61 Å². The molecule has 0 radical (unpaired) electrons. The first-order valence-corrected chi connectivity index (χ1v) is 7.75. The van der Waals surface area contributed by atoms with Crippen molar-refractivity contribution in [1.82, 2.24) is 5.32 Å². The highest BCUT2D eigenvalue weighted by atomic mass is 35.5. The fraction of sp³-hybridized carbons (Fsp3) is 0.278. The van der Waals surface area contributed by atoms with Crippen molar-refractivity contribution in [1.29, 1.82) is 0 Å². The smallest absolute Gasteiger partial charge is 0.257 e. The number of halogens is 1. The largest absolute Gasteiger partial charge is 0.497 e. The highest BCUT2D eigenvalue weighted by molar-refractivity contribution is 6.30. The zero-order chi connectivity index (χ0) is 16.7. The number of carbonyl (C=O) groups excluding carboxylic acids is 1. The summed E-state index contributed by atoms with van der Waals surface area (Å²) in [6.07, 6.45) is 0.739. The molecular formula is C18H20ClNO3. The Kier molecular flexibility index (Phi) is 6.29. The molecule has 2 aromatic carbocycles. The molecule has 2 aromatic rings. The van der Waals surface area contributed by atoms with Crippen LogP contribution in [-0.2, 0) is 11.2 Å². The Morgan fingerprint density at radius 3 is 2.78 bits per heavy atom. The van der Waals surface area contributed by atoms with E-state index in [2.05, 4.69) is 5.32 Å². The van der Waals surface area contributed by atoms with E-state index >= 15 is 0 Å². The number of rotatable bonds is 7. The van der Waals surface area contributed by atoms with Crippen molar-refractivity contribution in [3.05, 3.63) is 58.6 Å². The summed E-state index contributed by atoms with van der Waals surface area (Å²) in [6, 6.07) is 13.1. The van der Waals surface area contributed by atoms with Gasteiger partial charge in [0.2, 0.25) is 0 Å². The first-order chi connectivity index (χ1) is 11.1. The van der Waals surface area contributed by atoms with Crippen molar-refractivity contribution in [2.75, 3.05) is 20.3 Å². The van der Waals surface area contributed by atoms with E-state index in [4.69, 9.17) is 21.1 Å². The molecule has 0 atom stereocenters. The van der Waals surface area contributed by atoms with Gasteiger partial charge < -0.3 is 14.8 Å². The third-order valence-electron chi connectivity index (χ3n) is 3.37. The average molecular weight is 334 g/mol. The molecule has 0 aliphatic heterocycles. The van der Waals surface area contributed by atoms with Crippen LogP contribution in [0.4, 0.5) is 0 Å². The quantitative estimate of drug-likeness (QED) is 0.844. The monoisotopic (exact) mass is 333 g/mol. The molecule has 0 aromatic heterocycles. The standard InChI is InChI=1S/C18H20ClNO3/c1-13-10-15(19)6-7-17(13)23-12-18(21)20-9-8-14-4-3-5-16(11-14)22-2/h3-7,10-11H,8-9,12H2,1-2H3,(H,20,21). The van der Waals surface area contributed by atoms with Gasteiger partial charge in [-0.15, -0.1) is 0 Å². The van der Waals surface area contributed by atoms with Crippen molar-refractivity contribution >= 4 is 17.5 Å². The number of methoxy groups -OCH3 is 1. The van der Waals surface area contributed by atoms with E-state index in [1.807, 2.05) is 31.2 Å². The molecule has 0 aliphatic rings. The number of aryl methyl sites for hydroxylation is 1. The SMILES string of the molecule is COc1cccc(CCNC(=O)COc2ccc(Cl)cc2C)c1. The van der Waals surface area contributed by atoms with Crippen LogP contribution in [0.2, 0.25) is 5.02 Å². The highest BCUT2D eigenvalue weighted by Crippen LogP contribution is 2.21. The van der Waals surface area contributed by atoms with Crippen molar-refractivity contribution in [2.45, 2.75) is 13.3 Å². The van der Waals surface area contributed by atoms with Gasteiger partial charge in [0.25, 0.3) is 5.91 Å². The van der Waals surface area contributed by atoms with Crippen LogP contribution in [0.1, 0.15) is 11.1 Å². The van der Waals surface area contributed by atoms with Gasteiger partial charge in [-0.1, -0.05) is 23.7 Å². The minimum Gasteiger partial charge on any atom is -0.497 e. The predicted molar refractivity (Wildman–Crippen MR) is 91.4 cm³/mol. The van der Waals surface area contributed by atoms with E-state index in [0.29, 0.717) is 17.3 Å². The molecule has 5 heteroatoms. The minimum atomic E-state index is -0.151. The van der Waals surface area contributed by atoms with Gasteiger partial charge in [0, 0.05) is 11.6 Å². The molecule has 0 fully saturated rings. The lowest BCUT2D eigenvalue weighted by Gasteiger charge is -2.10. The topological polar surface area (TPSA) is 47.6 Å². The Hall–Kier alpha value is -2.20. The molecule has 4 nitrogen and oxygen atoms in total. The van der Waals surface area contributed by atoms with Crippen LogP contribution < -0.4 is 14.8 Å². The van der Waals surface area contributed by atoms with Crippen molar-refractivity contribution in [2.24, 2.45) is 0 Å². The Labute approximate surface area is 141 Å². The van der Waals surface area contributed by atoms with E-state index in [0.717, 1.165) is 23.3 Å². The molecular weight excluding hydrogens is 314 g/mol. The molecule has 1 N–H and O–H groups in total. The Bertz CT molecular complexity index is 673. The number of amides is 1. The van der Waals surface area contributed by atoms with Crippen molar-refractivity contribution in [3.63, 3.8) is 0 Å². The van der Waals surface area contributed by atoms with E-state index in [-0.39, 0.29) is 12.5 Å². The second-order valence-corrected chi connectivity index (χ2v) is 5.59. The molecule has 2 rings (SSSR count). The summed E-state index contributed by atoms with van der Waals surface area (Å²) in [5.74, 6) is 1.33. The summed E-state index contributed by atoms with van der Waals surface area (Å²) in [7, 11) is 1.64. The lowest BCUT2D eigenvalue weighted by atomic mass is 10.1. The zero-order valence-corrected chi connectivity index (χ0v) is 14.0. The molecule has 122 valence electrons. The van der Waals surface area contributed by atoms with E-state index < -0.39 is 0 Å². The second kappa shape index (κ2) is 8.44. The van der Waals surface area contributed by atoms with Crippen LogP contribution in [0.3, 0.4) is 0 Å². The maximum Gasteiger partial charge on any atom is 0.257 e. The Morgan fingerprint density at radius 2 is 2.04 bits per heavy atom. The summed E-state index contributed by atoms with van der Waals surface area (Å²) in [5.41, 5.74) is 2.01. The molecule has 0 spiro atoms. The number of nitrogens with one attached hydrogen (secondary N) is 1. The van der Waals surface area contributed by atoms with Crippen LogP contribution >= 0.6 is 11.6 Å². The van der Waals surface area contributed by atoms with Crippen molar-refractivity contribution in [3.8, 4) is 11.5 Å². The average Bonchev–Trinajstić information content (AvgIpc) is 2.54. The summed E-state index contributed by atoms with van der Waals surface area (Å²) in [4.78, 5) is 11.8. The fourth-order valence-electron chi connectivity index (χ4n) is 2.14. The van der Waals surface area contributed by atoms with Gasteiger partial charge in [-0.05, 0) is 54.8 Å². The lowest BCUT2D eigenvalue weighted by Crippen LogP contribution is -2.30. The van der Waals surface area contributed by atoms with Gasteiger partial charge in [0.1, 0.15) is 11.5 Å². The molecule has 23 heavy (non-hydrogen) atoms.